The molecule has 0 aromatic heterocycles. The third-order valence-electron chi connectivity index (χ3n) is 5.14. The summed E-state index contributed by atoms with van der Waals surface area (Å²) in [5.74, 6) is 0.736. The lowest BCUT2D eigenvalue weighted by atomic mass is 9.83. The zero-order chi connectivity index (χ0) is 13.0. The van der Waals surface area contributed by atoms with Gasteiger partial charge < -0.3 is 10.6 Å². The van der Waals surface area contributed by atoms with Gasteiger partial charge in [-0.15, -0.1) is 0 Å². The van der Waals surface area contributed by atoms with Crippen LogP contribution in [-0.4, -0.2) is 55.1 Å². The molecule has 1 saturated heterocycles. The Morgan fingerprint density at radius 1 is 1.17 bits per heavy atom. The molecule has 3 heteroatoms. The van der Waals surface area contributed by atoms with Gasteiger partial charge in [0.2, 0.25) is 0 Å². The zero-order valence-corrected chi connectivity index (χ0v) is 12.3. The standard InChI is InChI=1S/C15H31N3/c1-3-18-10-6-8-14(18)12-17(2)15-9-5-4-7-13(15)11-16/h13-15H,3-12,16H2,1-2H3. The first-order valence-corrected chi connectivity index (χ1v) is 7.90. The van der Waals surface area contributed by atoms with E-state index in [0.717, 1.165) is 24.5 Å². The molecular weight excluding hydrogens is 222 g/mol. The molecule has 1 saturated carbocycles. The van der Waals surface area contributed by atoms with Gasteiger partial charge in [-0.2, -0.15) is 0 Å². The Hall–Kier alpha value is -0.120. The maximum Gasteiger partial charge on any atom is 0.0223 e. The van der Waals surface area contributed by atoms with Gasteiger partial charge in [-0.1, -0.05) is 19.8 Å². The van der Waals surface area contributed by atoms with Gasteiger partial charge in [0.15, 0.2) is 0 Å². The van der Waals surface area contributed by atoms with E-state index in [0.29, 0.717) is 0 Å². The Morgan fingerprint density at radius 3 is 2.67 bits per heavy atom. The molecule has 1 aliphatic heterocycles. The van der Waals surface area contributed by atoms with Gasteiger partial charge in [0.25, 0.3) is 0 Å². The molecule has 2 rings (SSSR count). The molecule has 3 atom stereocenters. The topological polar surface area (TPSA) is 32.5 Å². The molecule has 18 heavy (non-hydrogen) atoms. The highest BCUT2D eigenvalue weighted by Crippen LogP contribution is 2.28. The largest absolute Gasteiger partial charge is 0.330 e. The van der Waals surface area contributed by atoms with Crippen LogP contribution in [0.5, 0.6) is 0 Å². The quantitative estimate of drug-likeness (QED) is 0.812. The highest BCUT2D eigenvalue weighted by Gasteiger charge is 2.31. The van der Waals surface area contributed by atoms with E-state index in [2.05, 4.69) is 23.8 Å². The fourth-order valence-corrected chi connectivity index (χ4v) is 4.03. The fourth-order valence-electron chi connectivity index (χ4n) is 4.03. The highest BCUT2D eigenvalue weighted by atomic mass is 15.2. The molecule has 2 N–H and O–H groups in total. The van der Waals surface area contributed by atoms with Crippen molar-refractivity contribution < 1.29 is 0 Å². The lowest BCUT2D eigenvalue weighted by Crippen LogP contribution is -2.48. The summed E-state index contributed by atoms with van der Waals surface area (Å²) >= 11 is 0. The van der Waals surface area contributed by atoms with Gasteiger partial charge in [0, 0.05) is 18.6 Å². The Morgan fingerprint density at radius 2 is 1.94 bits per heavy atom. The fraction of sp³-hybridized carbons (Fsp3) is 1.00. The second-order valence-corrected chi connectivity index (χ2v) is 6.21. The van der Waals surface area contributed by atoms with Gasteiger partial charge in [-0.05, 0) is 58.3 Å². The van der Waals surface area contributed by atoms with E-state index in [1.807, 2.05) is 0 Å². The van der Waals surface area contributed by atoms with Crippen LogP contribution in [0, 0.1) is 5.92 Å². The predicted molar refractivity (Wildman–Crippen MR) is 77.7 cm³/mol. The molecule has 2 fully saturated rings. The van der Waals surface area contributed by atoms with E-state index in [1.165, 1.54) is 58.2 Å². The van der Waals surface area contributed by atoms with E-state index in [4.69, 9.17) is 5.73 Å². The summed E-state index contributed by atoms with van der Waals surface area (Å²) in [5, 5.41) is 0. The molecule has 3 nitrogen and oxygen atoms in total. The van der Waals surface area contributed by atoms with Crippen LogP contribution >= 0.6 is 0 Å². The first-order valence-electron chi connectivity index (χ1n) is 7.90. The second kappa shape index (κ2) is 6.88. The van der Waals surface area contributed by atoms with Crippen LogP contribution in [0.25, 0.3) is 0 Å². The van der Waals surface area contributed by atoms with Crippen LogP contribution in [0.1, 0.15) is 45.4 Å². The van der Waals surface area contributed by atoms with Crippen molar-refractivity contribution in [3.63, 3.8) is 0 Å². The Balaban J connectivity index is 1.87. The molecule has 2 aliphatic rings. The molecule has 3 unspecified atom stereocenters. The summed E-state index contributed by atoms with van der Waals surface area (Å²) in [5.41, 5.74) is 5.96. The maximum absolute atomic E-state index is 5.96. The van der Waals surface area contributed by atoms with Gasteiger partial charge in [0.05, 0.1) is 0 Å². The minimum atomic E-state index is 0.736. The van der Waals surface area contributed by atoms with Gasteiger partial charge >= 0.3 is 0 Å². The molecule has 0 bridgehead atoms. The predicted octanol–water partition coefficient (Wildman–Crippen LogP) is 1.92. The molecule has 1 aliphatic carbocycles. The van der Waals surface area contributed by atoms with Crippen molar-refractivity contribution in [2.24, 2.45) is 11.7 Å². The normalized spacial score (nSPS) is 34.3. The van der Waals surface area contributed by atoms with Gasteiger partial charge in [-0.25, -0.2) is 0 Å². The smallest absolute Gasteiger partial charge is 0.0223 e. The van der Waals surface area contributed by atoms with Gasteiger partial charge in [0.1, 0.15) is 0 Å². The van der Waals surface area contributed by atoms with Crippen molar-refractivity contribution in [1.29, 1.82) is 0 Å². The summed E-state index contributed by atoms with van der Waals surface area (Å²) in [6.07, 6.45) is 8.25. The number of hydrogen-bond donors (Lipinski definition) is 1. The van der Waals surface area contributed by atoms with Crippen LogP contribution in [-0.2, 0) is 0 Å². The Kier molecular flexibility index (Phi) is 5.46. The minimum Gasteiger partial charge on any atom is -0.330 e. The van der Waals surface area contributed by atoms with Crippen LogP contribution < -0.4 is 5.73 Å². The van der Waals surface area contributed by atoms with Crippen LogP contribution in [0.15, 0.2) is 0 Å². The second-order valence-electron chi connectivity index (χ2n) is 6.21. The summed E-state index contributed by atoms with van der Waals surface area (Å²) in [6.45, 7) is 6.93. The number of rotatable bonds is 5. The van der Waals surface area contributed by atoms with Crippen LogP contribution in [0.3, 0.4) is 0 Å². The molecule has 0 aromatic carbocycles. The first kappa shape index (κ1) is 14.3. The summed E-state index contributed by atoms with van der Waals surface area (Å²) in [4.78, 5) is 5.27. The molecule has 1 heterocycles. The van der Waals surface area contributed by atoms with E-state index in [1.54, 1.807) is 0 Å². The Labute approximate surface area is 113 Å². The lowest BCUT2D eigenvalue weighted by molar-refractivity contribution is 0.102. The SMILES string of the molecule is CCN1CCCC1CN(C)C1CCCCC1CN. The van der Waals surface area contributed by atoms with Crippen molar-refractivity contribution in [3.05, 3.63) is 0 Å². The molecule has 0 radical (unpaired) electrons. The number of likely N-dealkylation sites (tertiary alicyclic amines) is 1. The molecule has 0 spiro atoms. The third kappa shape index (κ3) is 3.25. The Bertz CT molecular complexity index is 244. The van der Waals surface area contributed by atoms with E-state index >= 15 is 0 Å². The molecule has 106 valence electrons. The summed E-state index contributed by atoms with van der Waals surface area (Å²) < 4.78 is 0. The van der Waals surface area contributed by atoms with Crippen molar-refractivity contribution in [2.75, 3.05) is 33.2 Å². The average molecular weight is 253 g/mol. The highest BCUT2D eigenvalue weighted by molar-refractivity contribution is 4.87. The number of nitrogens with two attached hydrogens (primary N) is 1. The first-order chi connectivity index (χ1) is 8.76. The van der Waals surface area contributed by atoms with Crippen molar-refractivity contribution in [1.82, 2.24) is 9.80 Å². The van der Waals surface area contributed by atoms with E-state index in [-0.39, 0.29) is 0 Å². The molecule has 0 aromatic rings. The monoisotopic (exact) mass is 253 g/mol. The van der Waals surface area contributed by atoms with Gasteiger partial charge in [-0.3, -0.25) is 4.90 Å². The maximum atomic E-state index is 5.96. The average Bonchev–Trinajstić information content (AvgIpc) is 2.85. The van der Waals surface area contributed by atoms with Crippen molar-refractivity contribution >= 4 is 0 Å². The number of hydrogen-bond acceptors (Lipinski definition) is 3. The lowest BCUT2D eigenvalue weighted by Gasteiger charge is -2.39. The van der Waals surface area contributed by atoms with E-state index < -0.39 is 0 Å². The summed E-state index contributed by atoms with van der Waals surface area (Å²) in [6, 6.07) is 1.53. The van der Waals surface area contributed by atoms with Crippen LogP contribution in [0.2, 0.25) is 0 Å². The number of nitrogens with zero attached hydrogens (tertiary/aromatic N) is 2. The summed E-state index contributed by atoms with van der Waals surface area (Å²) in [7, 11) is 2.32. The minimum absolute atomic E-state index is 0.736. The molecular formula is C15H31N3. The van der Waals surface area contributed by atoms with E-state index in [9.17, 15) is 0 Å². The number of likely N-dealkylation sites (N-methyl/N-ethyl adjacent to an activating group) is 2. The third-order valence-corrected chi connectivity index (χ3v) is 5.14. The van der Waals surface area contributed by atoms with Crippen LogP contribution in [0.4, 0.5) is 0 Å². The van der Waals surface area contributed by atoms with Crippen molar-refractivity contribution in [3.8, 4) is 0 Å². The van der Waals surface area contributed by atoms with Crippen molar-refractivity contribution in [2.45, 2.75) is 57.5 Å². The zero-order valence-electron chi connectivity index (χ0n) is 12.3. The molecule has 0 amide bonds.